The molecular formula is C17H10F4N4O2S. The molecule has 0 amide bonds. The summed E-state index contributed by atoms with van der Waals surface area (Å²) in [6.45, 7) is 0. The van der Waals surface area contributed by atoms with Gasteiger partial charge >= 0.3 is 0 Å². The third-order valence-corrected chi connectivity index (χ3v) is 4.83. The third-order valence-electron chi connectivity index (χ3n) is 3.73. The molecule has 11 heteroatoms. The van der Waals surface area contributed by atoms with Crippen LogP contribution in [0.15, 0.2) is 41.4 Å². The Labute approximate surface area is 156 Å². The molecule has 2 aromatic heterocycles. The minimum atomic E-state index is -3.56. The molecule has 144 valence electrons. The van der Waals surface area contributed by atoms with E-state index >= 15 is 0 Å². The molecule has 0 aliphatic carbocycles. The van der Waals surface area contributed by atoms with Crippen LogP contribution in [0.25, 0.3) is 17.1 Å². The van der Waals surface area contributed by atoms with Gasteiger partial charge in [-0.15, -0.1) is 0 Å². The molecule has 0 N–H and O–H groups in total. The Hall–Kier alpha value is -3.26. The Morgan fingerprint density at radius 2 is 1.79 bits per heavy atom. The number of halogens is 4. The van der Waals surface area contributed by atoms with Crippen LogP contribution in [0.3, 0.4) is 0 Å². The molecule has 0 saturated heterocycles. The summed E-state index contributed by atoms with van der Waals surface area (Å²) in [5.41, 5.74) is -1.97. The van der Waals surface area contributed by atoms with Gasteiger partial charge in [0.1, 0.15) is 29.0 Å². The van der Waals surface area contributed by atoms with Gasteiger partial charge < -0.3 is 0 Å². The summed E-state index contributed by atoms with van der Waals surface area (Å²) in [5, 5.41) is 13.0. The van der Waals surface area contributed by atoms with Crippen molar-refractivity contribution in [2.24, 2.45) is 0 Å². The van der Waals surface area contributed by atoms with Gasteiger partial charge in [-0.1, -0.05) is 0 Å². The minimum absolute atomic E-state index is 0.115. The monoisotopic (exact) mass is 410 g/mol. The lowest BCUT2D eigenvalue weighted by Gasteiger charge is -2.08. The van der Waals surface area contributed by atoms with Crippen molar-refractivity contribution in [3.8, 4) is 23.1 Å². The summed E-state index contributed by atoms with van der Waals surface area (Å²) >= 11 is 0. The fourth-order valence-corrected chi connectivity index (χ4v) is 3.10. The van der Waals surface area contributed by atoms with Crippen LogP contribution in [0.1, 0.15) is 17.7 Å². The third kappa shape index (κ3) is 3.59. The van der Waals surface area contributed by atoms with E-state index in [9.17, 15) is 31.2 Å². The number of nitriles is 1. The van der Waals surface area contributed by atoms with Crippen molar-refractivity contribution in [2.75, 3.05) is 6.26 Å². The number of pyridine rings is 1. The predicted molar refractivity (Wildman–Crippen MR) is 89.5 cm³/mol. The Morgan fingerprint density at radius 1 is 1.14 bits per heavy atom. The molecule has 0 radical (unpaired) electrons. The number of nitrogens with zero attached hydrogens (tertiary/aromatic N) is 4. The van der Waals surface area contributed by atoms with E-state index < -0.39 is 39.2 Å². The smallest absolute Gasteiger partial charge is 0.236 e. The minimum Gasteiger partial charge on any atom is -0.236 e. The Kier molecular flexibility index (Phi) is 4.91. The molecule has 3 aromatic rings. The van der Waals surface area contributed by atoms with Crippen LogP contribution >= 0.6 is 0 Å². The molecule has 0 spiro atoms. The van der Waals surface area contributed by atoms with Gasteiger partial charge in [-0.25, -0.2) is 35.6 Å². The summed E-state index contributed by atoms with van der Waals surface area (Å²) in [6, 6.07) is 6.23. The number of hydrogen-bond donors (Lipinski definition) is 0. The van der Waals surface area contributed by atoms with Crippen molar-refractivity contribution in [1.29, 1.82) is 5.26 Å². The van der Waals surface area contributed by atoms with Gasteiger partial charge in [-0.2, -0.15) is 10.4 Å². The maximum absolute atomic E-state index is 13.6. The molecule has 0 bridgehead atoms. The number of hydrogen-bond acceptors (Lipinski definition) is 5. The number of alkyl halides is 2. The highest BCUT2D eigenvalue weighted by atomic mass is 32.2. The first-order valence-corrected chi connectivity index (χ1v) is 9.45. The molecule has 3 rings (SSSR count). The van der Waals surface area contributed by atoms with Crippen LogP contribution in [0.5, 0.6) is 0 Å². The number of sulfone groups is 1. The molecule has 28 heavy (non-hydrogen) atoms. The summed E-state index contributed by atoms with van der Waals surface area (Å²) in [7, 11) is -3.56. The van der Waals surface area contributed by atoms with Crippen LogP contribution in [0, 0.1) is 23.0 Å². The van der Waals surface area contributed by atoms with Gasteiger partial charge in [-0.05, 0) is 24.3 Å². The summed E-state index contributed by atoms with van der Waals surface area (Å²) in [5.74, 6) is -2.08. The average molecular weight is 410 g/mol. The van der Waals surface area contributed by atoms with E-state index in [0.717, 1.165) is 29.3 Å². The van der Waals surface area contributed by atoms with Gasteiger partial charge in [0.2, 0.25) is 0 Å². The molecular weight excluding hydrogens is 400 g/mol. The van der Waals surface area contributed by atoms with E-state index in [-0.39, 0.29) is 22.0 Å². The quantitative estimate of drug-likeness (QED) is 0.615. The molecule has 0 unspecified atom stereocenters. The Bertz CT molecular complexity index is 1180. The molecule has 0 saturated carbocycles. The number of benzene rings is 1. The fourth-order valence-electron chi connectivity index (χ4n) is 2.54. The zero-order valence-electron chi connectivity index (χ0n) is 14.1. The zero-order valence-corrected chi connectivity index (χ0v) is 14.9. The summed E-state index contributed by atoms with van der Waals surface area (Å²) < 4.78 is 77.9. The average Bonchev–Trinajstić information content (AvgIpc) is 3.00. The second-order valence-electron chi connectivity index (χ2n) is 5.72. The maximum atomic E-state index is 13.6. The van der Waals surface area contributed by atoms with Crippen molar-refractivity contribution in [1.82, 2.24) is 14.8 Å². The van der Waals surface area contributed by atoms with Crippen molar-refractivity contribution >= 4 is 9.84 Å². The first-order chi connectivity index (χ1) is 13.1. The highest BCUT2D eigenvalue weighted by Gasteiger charge is 2.27. The number of rotatable bonds is 4. The van der Waals surface area contributed by atoms with E-state index in [1.807, 2.05) is 0 Å². The molecule has 0 atom stereocenters. The molecule has 1 aromatic carbocycles. The Balaban J connectivity index is 2.31. The molecule has 0 aliphatic rings. The number of aromatic nitrogens is 3. The maximum Gasteiger partial charge on any atom is 0.283 e. The topological polar surface area (TPSA) is 88.6 Å². The van der Waals surface area contributed by atoms with Crippen molar-refractivity contribution in [2.45, 2.75) is 11.3 Å². The highest BCUT2D eigenvalue weighted by Crippen LogP contribution is 2.33. The second kappa shape index (κ2) is 7.05. The van der Waals surface area contributed by atoms with Crippen molar-refractivity contribution in [3.63, 3.8) is 0 Å². The van der Waals surface area contributed by atoms with E-state index in [1.54, 1.807) is 6.07 Å². The van der Waals surface area contributed by atoms with Crippen LogP contribution in [-0.4, -0.2) is 29.4 Å². The van der Waals surface area contributed by atoms with Crippen molar-refractivity contribution in [3.05, 3.63) is 59.4 Å². The molecule has 2 heterocycles. The largest absolute Gasteiger partial charge is 0.283 e. The van der Waals surface area contributed by atoms with Crippen LogP contribution in [0.2, 0.25) is 0 Å². The lowest BCUT2D eigenvalue weighted by Crippen LogP contribution is -2.05. The fraction of sp³-hybridized carbons (Fsp3) is 0.118. The van der Waals surface area contributed by atoms with Gasteiger partial charge in [0.25, 0.3) is 6.43 Å². The Morgan fingerprint density at radius 3 is 2.25 bits per heavy atom. The zero-order chi connectivity index (χ0) is 20.6. The van der Waals surface area contributed by atoms with E-state index in [2.05, 4.69) is 10.1 Å². The molecule has 6 nitrogen and oxygen atoms in total. The van der Waals surface area contributed by atoms with Crippen LogP contribution in [0.4, 0.5) is 17.6 Å². The highest BCUT2D eigenvalue weighted by molar-refractivity contribution is 7.90. The van der Waals surface area contributed by atoms with E-state index in [1.165, 1.54) is 12.1 Å². The summed E-state index contributed by atoms with van der Waals surface area (Å²) in [4.78, 5) is 3.75. The molecule has 0 aliphatic heterocycles. The normalized spacial score (nSPS) is 11.6. The predicted octanol–water partition coefficient (Wildman–Crippen LogP) is 3.43. The second-order valence-corrected chi connectivity index (χ2v) is 7.73. The summed E-state index contributed by atoms with van der Waals surface area (Å²) in [6.07, 6.45) is -1.19. The van der Waals surface area contributed by atoms with Gasteiger partial charge in [0, 0.05) is 24.1 Å². The lowest BCUT2D eigenvalue weighted by molar-refractivity contribution is 0.145. The molecule has 0 fully saturated rings. The lowest BCUT2D eigenvalue weighted by atomic mass is 10.1. The van der Waals surface area contributed by atoms with Crippen LogP contribution in [-0.2, 0) is 9.84 Å². The standard InChI is InChI=1S/C17H10F4N4O2S/c1-28(26,27)12-2-3-14(23-8-12)25-16(9-4-10(18)6-11(19)5-9)13(7-22)15(24-25)17(20)21/h2-6,8,17H,1H3. The van der Waals surface area contributed by atoms with E-state index in [4.69, 9.17) is 0 Å². The first kappa shape index (κ1) is 19.5. The SMILES string of the molecule is CS(=O)(=O)c1ccc(-n2nc(C(F)F)c(C#N)c2-c2cc(F)cc(F)c2)nc1. The van der Waals surface area contributed by atoms with Crippen molar-refractivity contribution < 1.29 is 26.0 Å². The first-order valence-electron chi connectivity index (χ1n) is 7.56. The van der Waals surface area contributed by atoms with Gasteiger partial charge in [0.15, 0.2) is 15.7 Å². The van der Waals surface area contributed by atoms with Crippen LogP contribution < -0.4 is 0 Å². The van der Waals surface area contributed by atoms with Gasteiger partial charge in [0.05, 0.1) is 10.6 Å². The van der Waals surface area contributed by atoms with Gasteiger partial charge in [-0.3, -0.25) is 0 Å². The van der Waals surface area contributed by atoms with E-state index in [0.29, 0.717) is 6.07 Å².